The third kappa shape index (κ3) is 4.67. The number of rotatable bonds is 6. The van der Waals surface area contributed by atoms with E-state index >= 15 is 0 Å². The largest absolute Gasteiger partial charge is 0.494 e. The third-order valence-corrected chi connectivity index (χ3v) is 7.79. The first-order valence-electron chi connectivity index (χ1n) is 12.2. The molecule has 0 heterocycles. The number of carbonyl (C=O) groups is 2. The summed E-state index contributed by atoms with van der Waals surface area (Å²) in [6.07, 6.45) is 6.79. The highest BCUT2D eigenvalue weighted by atomic mass is 32.1. The number of hydrogen-bond acceptors (Lipinski definition) is 4. The van der Waals surface area contributed by atoms with Crippen molar-refractivity contribution in [2.24, 2.45) is 23.2 Å². The fraction of sp³-hybridized carbons (Fsp3) is 0.444. The molecule has 4 saturated carbocycles. The van der Waals surface area contributed by atoms with Gasteiger partial charge in [0.2, 0.25) is 5.91 Å². The molecule has 7 heteroatoms. The number of para-hydroxylation sites is 1. The van der Waals surface area contributed by atoms with Gasteiger partial charge in [0.15, 0.2) is 5.11 Å². The lowest BCUT2D eigenvalue weighted by molar-refractivity contribution is -0.144. The Bertz CT molecular complexity index is 1060. The van der Waals surface area contributed by atoms with Crippen molar-refractivity contribution in [1.29, 1.82) is 0 Å². The molecular weight excluding hydrogens is 446 g/mol. The summed E-state index contributed by atoms with van der Waals surface area (Å²) >= 11 is 5.49. The van der Waals surface area contributed by atoms with Gasteiger partial charge in [-0.05, 0) is 112 Å². The summed E-state index contributed by atoms with van der Waals surface area (Å²) in [5.74, 6) is 2.59. The minimum Gasteiger partial charge on any atom is -0.494 e. The molecule has 0 unspecified atom stereocenters. The second-order valence-corrected chi connectivity index (χ2v) is 10.5. The van der Waals surface area contributed by atoms with Crippen LogP contribution in [-0.4, -0.2) is 23.5 Å². The quantitative estimate of drug-likeness (QED) is 0.488. The van der Waals surface area contributed by atoms with Crippen LogP contribution in [-0.2, 0) is 4.79 Å². The maximum absolute atomic E-state index is 13.3. The fourth-order valence-corrected chi connectivity index (χ4v) is 6.77. The van der Waals surface area contributed by atoms with Crippen molar-refractivity contribution < 1.29 is 14.3 Å². The molecule has 178 valence electrons. The first-order chi connectivity index (χ1) is 16.4. The van der Waals surface area contributed by atoms with E-state index in [-0.39, 0.29) is 22.3 Å². The average molecular weight is 478 g/mol. The Morgan fingerprint density at radius 2 is 1.56 bits per heavy atom. The van der Waals surface area contributed by atoms with E-state index in [1.165, 1.54) is 19.3 Å². The summed E-state index contributed by atoms with van der Waals surface area (Å²) in [5.41, 5.74) is 1.40. The zero-order valence-corrected chi connectivity index (χ0v) is 20.3. The highest BCUT2D eigenvalue weighted by molar-refractivity contribution is 7.80. The number of hydrogen-bond donors (Lipinski definition) is 3. The molecule has 4 aliphatic rings. The van der Waals surface area contributed by atoms with Gasteiger partial charge in [-0.2, -0.15) is 0 Å². The molecule has 6 nitrogen and oxygen atoms in total. The smallest absolute Gasteiger partial charge is 0.257 e. The molecule has 0 saturated heterocycles. The molecule has 0 aromatic heterocycles. The van der Waals surface area contributed by atoms with Gasteiger partial charge in [-0.25, -0.2) is 0 Å². The molecule has 0 radical (unpaired) electrons. The molecule has 2 amide bonds. The van der Waals surface area contributed by atoms with Crippen molar-refractivity contribution in [2.75, 3.05) is 17.2 Å². The van der Waals surface area contributed by atoms with Gasteiger partial charge in [-0.3, -0.25) is 9.59 Å². The molecule has 4 aliphatic carbocycles. The zero-order chi connectivity index (χ0) is 23.7. The molecule has 6 rings (SSSR count). The molecule has 4 fully saturated rings. The number of amides is 2. The van der Waals surface area contributed by atoms with E-state index in [0.29, 0.717) is 41.3 Å². The van der Waals surface area contributed by atoms with Crippen LogP contribution >= 0.6 is 12.2 Å². The molecule has 0 spiro atoms. The number of anilines is 2. The van der Waals surface area contributed by atoms with E-state index in [4.69, 9.17) is 17.0 Å². The highest BCUT2D eigenvalue weighted by Crippen LogP contribution is 2.60. The summed E-state index contributed by atoms with van der Waals surface area (Å²) in [6.45, 7) is 2.51. The normalized spacial score (nSPS) is 26.6. The molecule has 2 aromatic carbocycles. The Labute approximate surface area is 205 Å². The Kier molecular flexibility index (Phi) is 6.30. The summed E-state index contributed by atoms with van der Waals surface area (Å²) in [6, 6.07) is 14.4. The van der Waals surface area contributed by atoms with Crippen LogP contribution < -0.4 is 20.7 Å². The molecule has 34 heavy (non-hydrogen) atoms. The third-order valence-electron chi connectivity index (χ3n) is 7.59. The second kappa shape index (κ2) is 9.37. The van der Waals surface area contributed by atoms with E-state index < -0.39 is 0 Å². The highest BCUT2D eigenvalue weighted by Gasteiger charge is 2.54. The van der Waals surface area contributed by atoms with Crippen LogP contribution in [0.5, 0.6) is 5.75 Å². The SMILES string of the molecule is CCOc1ccc(NC(=O)c2ccccc2NC(=S)NC(=O)C23CC4CC(CC(C4)C2)C3)cc1. The minimum atomic E-state index is -0.273. The van der Waals surface area contributed by atoms with E-state index in [0.717, 1.165) is 25.0 Å². The molecular formula is C27H31N3O3S. The maximum atomic E-state index is 13.3. The number of thiocarbonyl (C=S) groups is 1. The molecule has 0 atom stereocenters. The van der Waals surface area contributed by atoms with Crippen LogP contribution in [0.25, 0.3) is 0 Å². The fourth-order valence-electron chi connectivity index (χ4n) is 6.57. The van der Waals surface area contributed by atoms with Crippen molar-refractivity contribution >= 4 is 40.5 Å². The first kappa shape index (κ1) is 22.8. The van der Waals surface area contributed by atoms with Crippen molar-refractivity contribution in [3.05, 3.63) is 54.1 Å². The van der Waals surface area contributed by atoms with Crippen LogP contribution in [0.3, 0.4) is 0 Å². The Morgan fingerprint density at radius 3 is 2.18 bits per heavy atom. The summed E-state index contributed by atoms with van der Waals surface area (Å²) in [7, 11) is 0. The lowest BCUT2D eigenvalue weighted by Gasteiger charge is -2.55. The van der Waals surface area contributed by atoms with Gasteiger partial charge in [-0.1, -0.05) is 12.1 Å². The van der Waals surface area contributed by atoms with Crippen molar-refractivity contribution in [1.82, 2.24) is 5.32 Å². The van der Waals surface area contributed by atoms with Crippen molar-refractivity contribution in [2.45, 2.75) is 45.4 Å². The average Bonchev–Trinajstić information content (AvgIpc) is 2.80. The Balaban J connectivity index is 1.23. The summed E-state index contributed by atoms with van der Waals surface area (Å²) in [4.78, 5) is 26.3. The van der Waals surface area contributed by atoms with E-state index in [1.807, 2.05) is 25.1 Å². The van der Waals surface area contributed by atoms with Crippen molar-refractivity contribution in [3.8, 4) is 5.75 Å². The zero-order valence-electron chi connectivity index (χ0n) is 19.4. The van der Waals surface area contributed by atoms with Gasteiger partial charge >= 0.3 is 0 Å². The molecule has 4 bridgehead atoms. The molecule has 0 aliphatic heterocycles. The lowest BCUT2D eigenvalue weighted by Crippen LogP contribution is -2.55. The Hall–Kier alpha value is -2.93. The monoisotopic (exact) mass is 477 g/mol. The van der Waals surface area contributed by atoms with E-state index in [9.17, 15) is 9.59 Å². The van der Waals surface area contributed by atoms with Gasteiger partial charge < -0.3 is 20.7 Å². The molecule has 3 N–H and O–H groups in total. The predicted molar refractivity (Wildman–Crippen MR) is 137 cm³/mol. The topological polar surface area (TPSA) is 79.5 Å². The van der Waals surface area contributed by atoms with Gasteiger partial charge in [-0.15, -0.1) is 0 Å². The van der Waals surface area contributed by atoms with Crippen LogP contribution in [0, 0.1) is 23.2 Å². The number of carbonyl (C=O) groups excluding carboxylic acids is 2. The Morgan fingerprint density at radius 1 is 0.941 bits per heavy atom. The number of nitrogens with one attached hydrogen (secondary N) is 3. The van der Waals surface area contributed by atoms with Gasteiger partial charge in [0, 0.05) is 5.69 Å². The number of benzene rings is 2. The second-order valence-electron chi connectivity index (χ2n) is 10.1. The van der Waals surface area contributed by atoms with Gasteiger partial charge in [0.25, 0.3) is 5.91 Å². The van der Waals surface area contributed by atoms with Crippen LogP contribution in [0.4, 0.5) is 11.4 Å². The first-order valence-corrected chi connectivity index (χ1v) is 12.6. The van der Waals surface area contributed by atoms with Crippen LogP contribution in [0.1, 0.15) is 55.8 Å². The lowest BCUT2D eigenvalue weighted by atomic mass is 9.49. The number of ether oxygens (including phenoxy) is 1. The van der Waals surface area contributed by atoms with E-state index in [2.05, 4.69) is 16.0 Å². The van der Waals surface area contributed by atoms with Crippen LogP contribution in [0.2, 0.25) is 0 Å². The van der Waals surface area contributed by atoms with E-state index in [1.54, 1.807) is 30.3 Å². The summed E-state index contributed by atoms with van der Waals surface area (Å²) < 4.78 is 5.45. The summed E-state index contributed by atoms with van der Waals surface area (Å²) in [5, 5.41) is 9.18. The maximum Gasteiger partial charge on any atom is 0.257 e. The minimum absolute atomic E-state index is 0.0421. The van der Waals surface area contributed by atoms with Crippen molar-refractivity contribution in [3.63, 3.8) is 0 Å². The van der Waals surface area contributed by atoms with Gasteiger partial charge in [0.05, 0.1) is 23.3 Å². The predicted octanol–water partition coefficient (Wildman–Crippen LogP) is 5.37. The van der Waals surface area contributed by atoms with Crippen LogP contribution in [0.15, 0.2) is 48.5 Å². The van der Waals surface area contributed by atoms with Gasteiger partial charge in [0.1, 0.15) is 5.75 Å². The standard InChI is InChI=1S/C27H31N3O3S/c1-2-33-21-9-7-20(8-10-21)28-24(31)22-5-3-4-6-23(22)29-26(34)30-25(32)27-14-17-11-18(15-27)13-19(12-17)16-27/h3-10,17-19H,2,11-16H2,1H3,(H,28,31)(H2,29,30,32,34). The molecule has 2 aromatic rings.